The minimum absolute atomic E-state index is 0.842. The Balaban J connectivity index is 2.25. The van der Waals surface area contributed by atoms with Gasteiger partial charge in [-0.1, -0.05) is 19.4 Å². The number of guanidine groups is 1. The van der Waals surface area contributed by atoms with E-state index in [4.69, 9.17) is 0 Å². The van der Waals surface area contributed by atoms with Crippen molar-refractivity contribution in [1.82, 2.24) is 15.5 Å². The first-order valence-electron chi connectivity index (χ1n) is 7.99. The van der Waals surface area contributed by atoms with Crippen LogP contribution in [0.3, 0.4) is 0 Å². The molecule has 0 atom stereocenters. The molecular weight excluding hydrogens is 280 g/mol. The van der Waals surface area contributed by atoms with Gasteiger partial charge in [0.1, 0.15) is 0 Å². The van der Waals surface area contributed by atoms with E-state index in [-0.39, 0.29) is 0 Å². The zero-order chi connectivity index (χ0) is 15.3. The van der Waals surface area contributed by atoms with Crippen molar-refractivity contribution in [3.63, 3.8) is 0 Å². The third-order valence-electron chi connectivity index (χ3n) is 3.23. The van der Waals surface area contributed by atoms with Gasteiger partial charge >= 0.3 is 0 Å². The van der Waals surface area contributed by atoms with E-state index >= 15 is 0 Å². The van der Waals surface area contributed by atoms with Gasteiger partial charge in [-0.3, -0.25) is 4.99 Å². The van der Waals surface area contributed by atoms with Crippen LogP contribution in [0.4, 0.5) is 0 Å². The van der Waals surface area contributed by atoms with Gasteiger partial charge in [0, 0.05) is 24.5 Å². The zero-order valence-corrected chi connectivity index (χ0v) is 14.5. The Labute approximate surface area is 133 Å². The summed E-state index contributed by atoms with van der Waals surface area (Å²) in [6.07, 6.45) is 3.57. The quantitative estimate of drug-likeness (QED) is 0.515. The van der Waals surface area contributed by atoms with E-state index in [9.17, 15) is 0 Å². The normalized spacial score (nSPS) is 11.9. The molecule has 0 aliphatic heterocycles. The van der Waals surface area contributed by atoms with Crippen LogP contribution < -0.4 is 10.6 Å². The summed E-state index contributed by atoms with van der Waals surface area (Å²) in [5.41, 5.74) is 0. The minimum atomic E-state index is 0.842. The summed E-state index contributed by atoms with van der Waals surface area (Å²) in [5, 5.41) is 8.83. The highest BCUT2D eigenvalue weighted by atomic mass is 32.1. The molecule has 120 valence electrons. The summed E-state index contributed by atoms with van der Waals surface area (Å²) in [6.45, 7) is 9.18. The molecule has 1 rings (SSSR count). The van der Waals surface area contributed by atoms with Crippen molar-refractivity contribution in [3.05, 3.63) is 22.4 Å². The summed E-state index contributed by atoms with van der Waals surface area (Å²) in [4.78, 5) is 8.40. The Kier molecular flexibility index (Phi) is 9.91. The Hall–Kier alpha value is -1.07. The molecule has 1 aromatic heterocycles. The molecule has 1 aromatic rings. The lowest BCUT2D eigenvalue weighted by atomic mass is 10.3. The van der Waals surface area contributed by atoms with Gasteiger partial charge in [-0.25, -0.2) is 0 Å². The van der Waals surface area contributed by atoms with E-state index in [1.54, 1.807) is 0 Å². The fourth-order valence-electron chi connectivity index (χ4n) is 1.97. The number of likely N-dealkylation sites (N-methyl/N-ethyl adjacent to an activating group) is 1. The Morgan fingerprint density at radius 1 is 1.29 bits per heavy atom. The molecule has 4 nitrogen and oxygen atoms in total. The van der Waals surface area contributed by atoms with Crippen LogP contribution in [0, 0.1) is 0 Å². The number of unbranched alkanes of at least 4 members (excludes halogenated alkanes) is 1. The van der Waals surface area contributed by atoms with Crippen LogP contribution >= 0.6 is 11.3 Å². The van der Waals surface area contributed by atoms with Crippen LogP contribution in [0.15, 0.2) is 22.5 Å². The summed E-state index contributed by atoms with van der Waals surface area (Å²) >= 11 is 1.81. The highest BCUT2D eigenvalue weighted by Gasteiger charge is 2.00. The number of thiophene rings is 1. The SMILES string of the molecule is CCCCN(C)CCN=C(NCC)NCCc1cccs1. The monoisotopic (exact) mass is 310 g/mol. The smallest absolute Gasteiger partial charge is 0.191 e. The molecule has 21 heavy (non-hydrogen) atoms. The van der Waals surface area contributed by atoms with Gasteiger partial charge in [0.15, 0.2) is 5.96 Å². The third-order valence-corrected chi connectivity index (χ3v) is 4.17. The van der Waals surface area contributed by atoms with Crippen molar-refractivity contribution < 1.29 is 0 Å². The molecule has 1 heterocycles. The molecule has 0 fully saturated rings. The van der Waals surface area contributed by atoms with Crippen LogP contribution in [0.1, 0.15) is 31.6 Å². The van der Waals surface area contributed by atoms with E-state index < -0.39 is 0 Å². The highest BCUT2D eigenvalue weighted by Crippen LogP contribution is 2.07. The Morgan fingerprint density at radius 3 is 2.81 bits per heavy atom. The number of aliphatic imine (C=N–C) groups is 1. The number of nitrogens with one attached hydrogen (secondary N) is 2. The number of rotatable bonds is 10. The molecule has 5 heteroatoms. The molecular formula is C16H30N4S. The second-order valence-electron chi connectivity index (χ2n) is 5.17. The van der Waals surface area contributed by atoms with E-state index in [0.29, 0.717) is 0 Å². The molecule has 2 N–H and O–H groups in total. The van der Waals surface area contributed by atoms with Crippen molar-refractivity contribution >= 4 is 17.3 Å². The average molecular weight is 311 g/mol. The van der Waals surface area contributed by atoms with Crippen molar-refractivity contribution in [2.75, 3.05) is 39.8 Å². The van der Waals surface area contributed by atoms with E-state index in [1.165, 1.54) is 17.7 Å². The first-order chi connectivity index (χ1) is 10.3. The second-order valence-corrected chi connectivity index (χ2v) is 6.21. The highest BCUT2D eigenvalue weighted by molar-refractivity contribution is 7.09. The number of hydrogen-bond donors (Lipinski definition) is 2. The van der Waals surface area contributed by atoms with Gasteiger partial charge in [0.25, 0.3) is 0 Å². The predicted octanol–water partition coefficient (Wildman–Crippen LogP) is 2.58. The topological polar surface area (TPSA) is 39.7 Å². The van der Waals surface area contributed by atoms with Crippen LogP contribution in [0.5, 0.6) is 0 Å². The number of hydrogen-bond acceptors (Lipinski definition) is 3. The van der Waals surface area contributed by atoms with Crippen LogP contribution in [0.2, 0.25) is 0 Å². The predicted molar refractivity (Wildman–Crippen MR) is 94.4 cm³/mol. The van der Waals surface area contributed by atoms with E-state index in [2.05, 4.69) is 58.9 Å². The largest absolute Gasteiger partial charge is 0.357 e. The molecule has 0 radical (unpaired) electrons. The Bertz CT molecular complexity index is 376. The first kappa shape index (κ1) is 18.0. The third kappa shape index (κ3) is 8.73. The lowest BCUT2D eigenvalue weighted by Crippen LogP contribution is -2.38. The van der Waals surface area contributed by atoms with Gasteiger partial charge in [0.05, 0.1) is 6.54 Å². The van der Waals surface area contributed by atoms with Gasteiger partial charge in [-0.2, -0.15) is 0 Å². The molecule has 0 saturated carbocycles. The summed E-state index contributed by atoms with van der Waals surface area (Å²) in [5.74, 6) is 0.929. The van der Waals surface area contributed by atoms with Crippen LogP contribution in [0.25, 0.3) is 0 Å². The molecule has 0 spiro atoms. The van der Waals surface area contributed by atoms with Crippen LogP contribution in [-0.4, -0.2) is 50.6 Å². The van der Waals surface area contributed by atoms with Crippen molar-refractivity contribution in [1.29, 1.82) is 0 Å². The van der Waals surface area contributed by atoms with Gasteiger partial charge in [-0.05, 0) is 44.8 Å². The van der Waals surface area contributed by atoms with Gasteiger partial charge < -0.3 is 15.5 Å². The van der Waals surface area contributed by atoms with Crippen molar-refractivity contribution in [2.24, 2.45) is 4.99 Å². The molecule has 0 aromatic carbocycles. The van der Waals surface area contributed by atoms with Gasteiger partial charge in [-0.15, -0.1) is 11.3 Å². The standard InChI is InChI=1S/C16H30N4S/c1-4-6-12-20(3)13-11-19-16(17-5-2)18-10-9-15-8-7-14-21-15/h7-8,14H,4-6,9-13H2,1-3H3,(H2,17,18,19). The maximum absolute atomic E-state index is 4.64. The molecule has 0 aliphatic rings. The first-order valence-corrected chi connectivity index (χ1v) is 8.87. The lowest BCUT2D eigenvalue weighted by Gasteiger charge is -2.15. The Morgan fingerprint density at radius 2 is 2.14 bits per heavy atom. The van der Waals surface area contributed by atoms with E-state index in [1.807, 2.05) is 11.3 Å². The summed E-state index contributed by atoms with van der Waals surface area (Å²) in [7, 11) is 2.17. The number of nitrogens with zero attached hydrogens (tertiary/aromatic N) is 2. The maximum atomic E-state index is 4.64. The maximum Gasteiger partial charge on any atom is 0.191 e. The molecule has 0 unspecified atom stereocenters. The fraction of sp³-hybridized carbons (Fsp3) is 0.688. The van der Waals surface area contributed by atoms with Crippen molar-refractivity contribution in [2.45, 2.75) is 33.1 Å². The minimum Gasteiger partial charge on any atom is -0.357 e. The summed E-state index contributed by atoms with van der Waals surface area (Å²) < 4.78 is 0. The summed E-state index contributed by atoms with van der Waals surface area (Å²) in [6, 6.07) is 4.28. The molecule has 0 saturated heterocycles. The average Bonchev–Trinajstić information content (AvgIpc) is 2.98. The molecule has 0 aliphatic carbocycles. The second kappa shape index (κ2) is 11.6. The van der Waals surface area contributed by atoms with Gasteiger partial charge in [0.2, 0.25) is 0 Å². The van der Waals surface area contributed by atoms with E-state index in [0.717, 1.165) is 45.1 Å². The lowest BCUT2D eigenvalue weighted by molar-refractivity contribution is 0.337. The molecule has 0 amide bonds. The van der Waals surface area contributed by atoms with Crippen molar-refractivity contribution in [3.8, 4) is 0 Å². The zero-order valence-electron chi connectivity index (χ0n) is 13.7. The van der Waals surface area contributed by atoms with Crippen LogP contribution in [-0.2, 0) is 6.42 Å². The fourth-order valence-corrected chi connectivity index (χ4v) is 2.68. The molecule has 0 bridgehead atoms.